The molecular weight excluding hydrogens is 257 g/mol. The zero-order valence-corrected chi connectivity index (χ0v) is 10.0. The summed E-state index contributed by atoms with van der Waals surface area (Å²) < 4.78 is 14.4. The van der Waals surface area contributed by atoms with Crippen molar-refractivity contribution in [3.05, 3.63) is 34.1 Å². The van der Waals surface area contributed by atoms with E-state index in [9.17, 15) is 4.39 Å². The molecule has 1 nitrogen and oxygen atoms in total. The number of likely N-dealkylation sites (tertiary alicyclic amines) is 1. The third-order valence-corrected chi connectivity index (χ3v) is 3.96. The molecule has 0 bridgehead atoms. The van der Waals surface area contributed by atoms with Crippen LogP contribution in [0.2, 0.25) is 0 Å². The molecule has 1 aromatic carbocycles. The highest BCUT2D eigenvalue weighted by atomic mass is 79.9. The topological polar surface area (TPSA) is 3.24 Å². The van der Waals surface area contributed by atoms with Crippen molar-refractivity contribution < 1.29 is 4.39 Å². The number of halogens is 2. The Hall–Kier alpha value is -0.410. The first kappa shape index (κ1) is 9.79. The lowest BCUT2D eigenvalue weighted by Gasteiger charge is -2.17. The first-order chi connectivity index (χ1) is 7.22. The molecule has 2 atom stereocenters. The van der Waals surface area contributed by atoms with Gasteiger partial charge < -0.3 is 0 Å². The molecule has 0 spiro atoms. The highest BCUT2D eigenvalue weighted by Gasteiger charge is 2.44. The second-order valence-corrected chi connectivity index (χ2v) is 5.60. The average molecular weight is 270 g/mol. The molecule has 0 radical (unpaired) electrons. The van der Waals surface area contributed by atoms with Gasteiger partial charge in [-0.3, -0.25) is 4.90 Å². The molecule has 80 valence electrons. The molecule has 1 aliphatic heterocycles. The Morgan fingerprint density at radius 2 is 2.07 bits per heavy atom. The van der Waals surface area contributed by atoms with E-state index in [1.807, 2.05) is 12.1 Å². The van der Waals surface area contributed by atoms with Crippen LogP contribution in [0, 0.1) is 17.7 Å². The highest BCUT2D eigenvalue weighted by Crippen LogP contribution is 2.45. The van der Waals surface area contributed by atoms with E-state index in [0.29, 0.717) is 0 Å². The normalized spacial score (nSPS) is 29.2. The largest absolute Gasteiger partial charge is 0.298 e. The molecule has 0 aromatic heterocycles. The van der Waals surface area contributed by atoms with E-state index < -0.39 is 0 Å². The Balaban J connectivity index is 1.71. The summed E-state index contributed by atoms with van der Waals surface area (Å²) in [4.78, 5) is 2.37. The maximum absolute atomic E-state index is 13.6. The molecule has 0 amide bonds. The quantitative estimate of drug-likeness (QED) is 0.798. The van der Waals surface area contributed by atoms with Crippen molar-refractivity contribution in [3.8, 4) is 0 Å². The van der Waals surface area contributed by atoms with E-state index >= 15 is 0 Å². The maximum atomic E-state index is 13.6. The molecule has 2 aliphatic rings. The second kappa shape index (κ2) is 3.56. The fourth-order valence-electron chi connectivity index (χ4n) is 2.52. The van der Waals surface area contributed by atoms with Gasteiger partial charge >= 0.3 is 0 Å². The molecular formula is C12H13BrFN. The maximum Gasteiger partial charge on any atom is 0.128 e. The van der Waals surface area contributed by atoms with Gasteiger partial charge in [0.1, 0.15) is 5.82 Å². The van der Waals surface area contributed by atoms with Crippen LogP contribution >= 0.6 is 15.9 Å². The summed E-state index contributed by atoms with van der Waals surface area (Å²) in [6.45, 7) is 3.10. The summed E-state index contributed by atoms with van der Waals surface area (Å²) in [7, 11) is 0. The Bertz CT molecular complexity index is 383. The zero-order chi connectivity index (χ0) is 10.4. The van der Waals surface area contributed by atoms with Gasteiger partial charge in [-0.25, -0.2) is 4.39 Å². The van der Waals surface area contributed by atoms with Crippen molar-refractivity contribution in [1.82, 2.24) is 4.90 Å². The minimum atomic E-state index is -0.0926. The Morgan fingerprint density at radius 3 is 2.73 bits per heavy atom. The predicted octanol–water partition coefficient (Wildman–Crippen LogP) is 3.04. The first-order valence-electron chi connectivity index (χ1n) is 5.38. The lowest BCUT2D eigenvalue weighted by Crippen LogP contribution is -2.22. The number of nitrogens with zero attached hydrogens (tertiary/aromatic N) is 1. The molecule has 3 heteroatoms. The number of rotatable bonds is 2. The molecule has 1 aromatic rings. The van der Waals surface area contributed by atoms with Gasteiger partial charge in [0.2, 0.25) is 0 Å². The third kappa shape index (κ3) is 1.95. The van der Waals surface area contributed by atoms with E-state index in [1.165, 1.54) is 19.5 Å². The highest BCUT2D eigenvalue weighted by molar-refractivity contribution is 9.10. The standard InChI is InChI=1S/C12H13BrFN/c13-11-2-1-8(12(14)4-11)5-15-6-9-3-10(9)7-15/h1-2,4,9-10H,3,5-7H2. The minimum absolute atomic E-state index is 0.0926. The summed E-state index contributed by atoms with van der Waals surface area (Å²) in [5.41, 5.74) is 0.819. The Morgan fingerprint density at radius 1 is 1.33 bits per heavy atom. The minimum Gasteiger partial charge on any atom is -0.298 e. The Kier molecular flexibility index (Phi) is 2.33. The fraction of sp³-hybridized carbons (Fsp3) is 0.500. The number of fused-ring (bicyclic) bond motifs is 1. The van der Waals surface area contributed by atoms with Crippen LogP contribution < -0.4 is 0 Å². The third-order valence-electron chi connectivity index (χ3n) is 3.46. The van der Waals surface area contributed by atoms with Crippen molar-refractivity contribution in [3.63, 3.8) is 0 Å². The van der Waals surface area contributed by atoms with Crippen molar-refractivity contribution in [2.24, 2.45) is 11.8 Å². The van der Waals surface area contributed by atoms with E-state index in [-0.39, 0.29) is 5.82 Å². The molecule has 1 aliphatic carbocycles. The lowest BCUT2D eigenvalue weighted by molar-refractivity contribution is 0.292. The number of benzene rings is 1. The number of piperidine rings is 1. The first-order valence-corrected chi connectivity index (χ1v) is 6.18. The lowest BCUT2D eigenvalue weighted by atomic mass is 10.2. The van der Waals surface area contributed by atoms with E-state index in [0.717, 1.165) is 28.4 Å². The van der Waals surface area contributed by atoms with Crippen molar-refractivity contribution in [2.75, 3.05) is 13.1 Å². The van der Waals surface area contributed by atoms with Gasteiger partial charge in [-0.1, -0.05) is 22.0 Å². The van der Waals surface area contributed by atoms with Crippen LogP contribution in [-0.4, -0.2) is 18.0 Å². The van der Waals surface area contributed by atoms with Crippen LogP contribution in [0.5, 0.6) is 0 Å². The van der Waals surface area contributed by atoms with Crippen LogP contribution in [0.4, 0.5) is 4.39 Å². The van der Waals surface area contributed by atoms with Crippen LogP contribution in [0.1, 0.15) is 12.0 Å². The average Bonchev–Trinajstić information content (AvgIpc) is 2.79. The van der Waals surface area contributed by atoms with Gasteiger partial charge in [-0.2, -0.15) is 0 Å². The van der Waals surface area contributed by atoms with E-state index in [4.69, 9.17) is 0 Å². The number of hydrogen-bond donors (Lipinski definition) is 0. The van der Waals surface area contributed by atoms with Gasteiger partial charge in [0.05, 0.1) is 0 Å². The molecule has 15 heavy (non-hydrogen) atoms. The summed E-state index contributed by atoms with van der Waals surface area (Å²) in [6, 6.07) is 5.34. The predicted molar refractivity (Wildman–Crippen MR) is 61.0 cm³/mol. The summed E-state index contributed by atoms with van der Waals surface area (Å²) in [5.74, 6) is 1.75. The van der Waals surface area contributed by atoms with Crippen LogP contribution in [-0.2, 0) is 6.54 Å². The SMILES string of the molecule is Fc1cc(Br)ccc1CN1CC2CC2C1. The summed E-state index contributed by atoms with van der Waals surface area (Å²) in [5, 5.41) is 0. The second-order valence-electron chi connectivity index (χ2n) is 4.69. The van der Waals surface area contributed by atoms with E-state index in [1.54, 1.807) is 6.07 Å². The molecule has 2 fully saturated rings. The van der Waals surface area contributed by atoms with Crippen molar-refractivity contribution >= 4 is 15.9 Å². The summed E-state index contributed by atoms with van der Waals surface area (Å²) in [6.07, 6.45) is 1.40. The smallest absolute Gasteiger partial charge is 0.128 e. The Labute approximate surface area is 97.4 Å². The van der Waals surface area contributed by atoms with Gasteiger partial charge in [-0.05, 0) is 30.4 Å². The number of hydrogen-bond acceptors (Lipinski definition) is 1. The van der Waals surface area contributed by atoms with Gasteiger partial charge in [-0.15, -0.1) is 0 Å². The molecule has 1 saturated carbocycles. The van der Waals surface area contributed by atoms with Crippen LogP contribution in [0.15, 0.2) is 22.7 Å². The van der Waals surface area contributed by atoms with Crippen LogP contribution in [0.25, 0.3) is 0 Å². The molecule has 3 rings (SSSR count). The monoisotopic (exact) mass is 269 g/mol. The molecule has 1 saturated heterocycles. The fourth-order valence-corrected chi connectivity index (χ4v) is 2.85. The molecule has 0 N–H and O–H groups in total. The van der Waals surface area contributed by atoms with Crippen molar-refractivity contribution in [1.29, 1.82) is 0 Å². The molecule has 1 heterocycles. The molecule has 2 unspecified atom stereocenters. The van der Waals surface area contributed by atoms with Crippen LogP contribution in [0.3, 0.4) is 0 Å². The van der Waals surface area contributed by atoms with E-state index in [2.05, 4.69) is 20.8 Å². The van der Waals surface area contributed by atoms with Gasteiger partial charge in [0.15, 0.2) is 0 Å². The zero-order valence-electron chi connectivity index (χ0n) is 8.42. The summed E-state index contributed by atoms with van der Waals surface area (Å²) >= 11 is 3.27. The van der Waals surface area contributed by atoms with Gasteiger partial charge in [0.25, 0.3) is 0 Å². The van der Waals surface area contributed by atoms with Gasteiger partial charge in [0, 0.05) is 29.7 Å². The van der Waals surface area contributed by atoms with Crippen molar-refractivity contribution in [2.45, 2.75) is 13.0 Å².